The molecule has 1 aliphatic rings. The molecule has 0 saturated heterocycles. The van der Waals surface area contributed by atoms with Crippen LogP contribution >= 0.6 is 11.6 Å². The molecule has 0 amide bonds. The van der Waals surface area contributed by atoms with Gasteiger partial charge in [0.05, 0.1) is 0 Å². The maximum absolute atomic E-state index is 13.2. The minimum Gasteiger partial charge on any atom is -0.485 e. The first-order chi connectivity index (χ1) is 9.13. The van der Waals surface area contributed by atoms with E-state index in [-0.39, 0.29) is 18.0 Å². The van der Waals surface area contributed by atoms with E-state index in [0.717, 1.165) is 11.1 Å². The first-order valence-electron chi connectivity index (χ1n) is 6.10. The molecule has 2 nitrogen and oxygen atoms in total. The lowest BCUT2D eigenvalue weighted by atomic mass is 9.93. The van der Waals surface area contributed by atoms with Gasteiger partial charge in [0.2, 0.25) is 0 Å². The summed E-state index contributed by atoms with van der Waals surface area (Å²) in [6.07, 6.45) is 0.503. The summed E-state index contributed by atoms with van der Waals surface area (Å²) in [6.45, 7) is 0. The molecule has 2 N–H and O–H groups in total. The molecule has 4 heteroatoms. The van der Waals surface area contributed by atoms with E-state index in [4.69, 9.17) is 22.1 Å². The highest BCUT2D eigenvalue weighted by Gasteiger charge is 2.27. The molecule has 0 radical (unpaired) electrons. The van der Waals surface area contributed by atoms with Crippen LogP contribution in [0.2, 0.25) is 5.02 Å². The number of fused-ring (bicyclic) bond motifs is 1. The summed E-state index contributed by atoms with van der Waals surface area (Å²) in [5.41, 5.74) is 7.85. The van der Waals surface area contributed by atoms with Gasteiger partial charge in [0, 0.05) is 23.0 Å². The number of benzene rings is 2. The van der Waals surface area contributed by atoms with E-state index in [1.807, 2.05) is 24.3 Å². The van der Waals surface area contributed by atoms with Crippen LogP contribution in [0, 0.1) is 5.82 Å². The van der Waals surface area contributed by atoms with Crippen molar-refractivity contribution in [1.29, 1.82) is 0 Å². The number of halogens is 2. The van der Waals surface area contributed by atoms with Crippen LogP contribution in [0.4, 0.5) is 4.39 Å². The van der Waals surface area contributed by atoms with Crippen LogP contribution in [0.1, 0.15) is 29.7 Å². The van der Waals surface area contributed by atoms with Crippen molar-refractivity contribution in [2.45, 2.75) is 18.6 Å². The van der Waals surface area contributed by atoms with E-state index in [1.54, 1.807) is 6.07 Å². The van der Waals surface area contributed by atoms with Crippen LogP contribution in [-0.2, 0) is 0 Å². The standard InChI is InChI=1S/C15H13ClFNO/c16-10-3-1-9(2-4-10)15-8-13(18)12-7-11(17)5-6-14(12)19-15/h1-7,13,15H,8,18H2. The number of hydrogen-bond acceptors (Lipinski definition) is 2. The molecule has 2 atom stereocenters. The van der Waals surface area contributed by atoms with Gasteiger partial charge in [-0.15, -0.1) is 0 Å². The average molecular weight is 278 g/mol. The SMILES string of the molecule is NC1CC(c2ccc(Cl)cc2)Oc2ccc(F)cc21. The second kappa shape index (κ2) is 4.83. The third-order valence-electron chi connectivity index (χ3n) is 3.35. The van der Waals surface area contributed by atoms with Gasteiger partial charge in [-0.1, -0.05) is 23.7 Å². The molecular formula is C15H13ClFNO. The number of nitrogens with two attached hydrogens (primary N) is 1. The summed E-state index contributed by atoms with van der Waals surface area (Å²) in [4.78, 5) is 0. The first kappa shape index (κ1) is 12.5. The molecule has 19 heavy (non-hydrogen) atoms. The van der Waals surface area contributed by atoms with E-state index in [1.165, 1.54) is 12.1 Å². The van der Waals surface area contributed by atoms with Crippen molar-refractivity contribution in [3.05, 3.63) is 64.4 Å². The normalized spacial score (nSPS) is 21.6. The van der Waals surface area contributed by atoms with Crippen LogP contribution in [-0.4, -0.2) is 0 Å². The Morgan fingerprint density at radius 3 is 2.63 bits per heavy atom. The van der Waals surface area contributed by atoms with Gasteiger partial charge in [-0.05, 0) is 35.9 Å². The maximum Gasteiger partial charge on any atom is 0.126 e. The highest BCUT2D eigenvalue weighted by molar-refractivity contribution is 6.30. The molecule has 98 valence electrons. The van der Waals surface area contributed by atoms with E-state index in [0.29, 0.717) is 17.2 Å². The lowest BCUT2D eigenvalue weighted by molar-refractivity contribution is 0.161. The van der Waals surface area contributed by atoms with Crippen molar-refractivity contribution >= 4 is 11.6 Å². The molecule has 2 unspecified atom stereocenters. The average Bonchev–Trinajstić information content (AvgIpc) is 2.40. The predicted molar refractivity (Wildman–Crippen MR) is 72.8 cm³/mol. The monoisotopic (exact) mass is 277 g/mol. The van der Waals surface area contributed by atoms with Crippen LogP contribution in [0.3, 0.4) is 0 Å². The van der Waals surface area contributed by atoms with Gasteiger partial charge in [0.25, 0.3) is 0 Å². The molecule has 1 aliphatic heterocycles. The topological polar surface area (TPSA) is 35.2 Å². The fraction of sp³-hybridized carbons (Fsp3) is 0.200. The van der Waals surface area contributed by atoms with Gasteiger partial charge >= 0.3 is 0 Å². The molecule has 0 fully saturated rings. The third kappa shape index (κ3) is 2.44. The third-order valence-corrected chi connectivity index (χ3v) is 3.60. The Morgan fingerprint density at radius 1 is 1.16 bits per heavy atom. The van der Waals surface area contributed by atoms with Gasteiger partial charge in [0.15, 0.2) is 0 Å². The highest BCUT2D eigenvalue weighted by atomic mass is 35.5. The van der Waals surface area contributed by atoms with Crippen molar-refractivity contribution in [2.75, 3.05) is 0 Å². The second-order valence-corrected chi connectivity index (χ2v) is 5.12. The number of rotatable bonds is 1. The molecule has 2 aromatic carbocycles. The van der Waals surface area contributed by atoms with E-state index < -0.39 is 0 Å². The van der Waals surface area contributed by atoms with Crippen molar-refractivity contribution in [3.63, 3.8) is 0 Å². The number of hydrogen-bond donors (Lipinski definition) is 1. The molecule has 3 rings (SSSR count). The molecule has 2 aromatic rings. The van der Waals surface area contributed by atoms with Crippen LogP contribution < -0.4 is 10.5 Å². The Labute approximate surface area is 115 Å². The minimum atomic E-state index is -0.289. The summed E-state index contributed by atoms with van der Waals surface area (Å²) in [5, 5.41) is 0.686. The summed E-state index contributed by atoms with van der Waals surface area (Å²) >= 11 is 5.87. The highest BCUT2D eigenvalue weighted by Crippen LogP contribution is 2.39. The molecule has 1 heterocycles. The molecule has 0 aromatic heterocycles. The molecule has 0 saturated carbocycles. The van der Waals surface area contributed by atoms with E-state index >= 15 is 0 Å². The molecule has 0 aliphatic carbocycles. The quantitative estimate of drug-likeness (QED) is 0.855. The van der Waals surface area contributed by atoms with Crippen molar-refractivity contribution in [3.8, 4) is 5.75 Å². The smallest absolute Gasteiger partial charge is 0.126 e. The fourth-order valence-electron chi connectivity index (χ4n) is 2.36. The molecule has 0 spiro atoms. The van der Waals surface area contributed by atoms with Crippen LogP contribution in [0.25, 0.3) is 0 Å². The fourth-order valence-corrected chi connectivity index (χ4v) is 2.48. The number of ether oxygens (including phenoxy) is 1. The van der Waals surface area contributed by atoms with Gasteiger partial charge in [0.1, 0.15) is 17.7 Å². The van der Waals surface area contributed by atoms with Crippen LogP contribution in [0.5, 0.6) is 5.75 Å². The van der Waals surface area contributed by atoms with Crippen molar-refractivity contribution < 1.29 is 9.13 Å². The van der Waals surface area contributed by atoms with Gasteiger partial charge < -0.3 is 10.5 Å². The van der Waals surface area contributed by atoms with Gasteiger partial charge in [-0.25, -0.2) is 4.39 Å². The lowest BCUT2D eigenvalue weighted by Gasteiger charge is -2.30. The second-order valence-electron chi connectivity index (χ2n) is 4.68. The zero-order valence-electron chi connectivity index (χ0n) is 10.1. The Balaban J connectivity index is 1.92. The Morgan fingerprint density at radius 2 is 1.89 bits per heavy atom. The lowest BCUT2D eigenvalue weighted by Crippen LogP contribution is -2.24. The van der Waals surface area contributed by atoms with Crippen molar-refractivity contribution in [1.82, 2.24) is 0 Å². The Hall–Kier alpha value is -1.58. The minimum absolute atomic E-state index is 0.120. The van der Waals surface area contributed by atoms with Gasteiger partial charge in [-0.2, -0.15) is 0 Å². The zero-order valence-corrected chi connectivity index (χ0v) is 10.9. The zero-order chi connectivity index (χ0) is 13.4. The Bertz CT molecular complexity index is 600. The molecule has 0 bridgehead atoms. The summed E-state index contributed by atoms with van der Waals surface area (Å²) in [5.74, 6) is 0.364. The summed E-state index contributed by atoms with van der Waals surface area (Å²) in [6, 6.07) is 11.7. The largest absolute Gasteiger partial charge is 0.485 e. The van der Waals surface area contributed by atoms with E-state index in [9.17, 15) is 4.39 Å². The Kier molecular flexibility index (Phi) is 3.17. The maximum atomic E-state index is 13.2. The van der Waals surface area contributed by atoms with Gasteiger partial charge in [-0.3, -0.25) is 0 Å². The summed E-state index contributed by atoms with van der Waals surface area (Å²) < 4.78 is 19.1. The van der Waals surface area contributed by atoms with E-state index in [2.05, 4.69) is 0 Å². The molecular weight excluding hydrogens is 265 g/mol. The first-order valence-corrected chi connectivity index (χ1v) is 6.48. The van der Waals surface area contributed by atoms with Crippen LogP contribution in [0.15, 0.2) is 42.5 Å². The predicted octanol–water partition coefficient (Wildman–Crippen LogP) is 4.00. The summed E-state index contributed by atoms with van der Waals surface area (Å²) in [7, 11) is 0. The van der Waals surface area contributed by atoms with Crippen molar-refractivity contribution in [2.24, 2.45) is 5.73 Å².